The Labute approximate surface area is 126 Å². The van der Waals surface area contributed by atoms with Crippen molar-refractivity contribution >= 4 is 23.2 Å². The monoisotopic (exact) mass is 337 g/mol. The first-order valence-electron chi connectivity index (χ1n) is 5.76. The van der Waals surface area contributed by atoms with Crippen LogP contribution in [0.25, 0.3) is 0 Å². The molecule has 1 N–H and O–H groups in total. The number of nitrogens with one attached hydrogen (secondary N) is 1. The van der Waals surface area contributed by atoms with Crippen LogP contribution in [0.3, 0.4) is 0 Å². The first kappa shape index (κ1) is 16.1. The SMILES string of the molecule is O=C(Nc1ccc(OC(F)F)c(Cl)c1)c1ccnn1C(F)F. The van der Waals surface area contributed by atoms with Gasteiger partial charge in [0.05, 0.1) is 5.02 Å². The van der Waals surface area contributed by atoms with Gasteiger partial charge < -0.3 is 10.1 Å². The van der Waals surface area contributed by atoms with Crippen LogP contribution in [0.15, 0.2) is 30.5 Å². The van der Waals surface area contributed by atoms with Gasteiger partial charge in [0.2, 0.25) is 0 Å². The summed E-state index contributed by atoms with van der Waals surface area (Å²) in [6.45, 7) is -6.01. The van der Waals surface area contributed by atoms with Gasteiger partial charge in [-0.25, -0.2) is 0 Å². The fourth-order valence-corrected chi connectivity index (χ4v) is 1.84. The van der Waals surface area contributed by atoms with Gasteiger partial charge in [0.1, 0.15) is 11.4 Å². The van der Waals surface area contributed by atoms with Crippen LogP contribution in [-0.2, 0) is 0 Å². The minimum absolute atomic E-state index is 0.124. The Bertz CT molecular complexity index is 678. The molecule has 0 saturated carbocycles. The van der Waals surface area contributed by atoms with E-state index >= 15 is 0 Å². The second-order valence-electron chi connectivity index (χ2n) is 3.92. The number of nitrogens with zero attached hydrogens (tertiary/aromatic N) is 2. The van der Waals surface area contributed by atoms with Crippen molar-refractivity contribution in [2.24, 2.45) is 0 Å². The van der Waals surface area contributed by atoms with Crippen LogP contribution in [0, 0.1) is 0 Å². The summed E-state index contributed by atoms with van der Waals surface area (Å²) in [6.07, 6.45) is 1.05. The van der Waals surface area contributed by atoms with Gasteiger partial charge in [-0.1, -0.05) is 11.6 Å². The molecule has 0 aliphatic rings. The van der Waals surface area contributed by atoms with Crippen LogP contribution in [0.4, 0.5) is 23.2 Å². The number of rotatable bonds is 5. The number of halogens is 5. The van der Waals surface area contributed by atoms with E-state index in [4.69, 9.17) is 11.6 Å². The Balaban J connectivity index is 2.15. The summed E-state index contributed by atoms with van der Waals surface area (Å²) in [6, 6.07) is 4.62. The number of carbonyl (C=O) groups is 1. The lowest BCUT2D eigenvalue weighted by atomic mass is 10.3. The number of alkyl halides is 4. The van der Waals surface area contributed by atoms with E-state index in [1.807, 2.05) is 0 Å². The molecule has 0 saturated heterocycles. The molecule has 118 valence electrons. The van der Waals surface area contributed by atoms with E-state index in [9.17, 15) is 22.4 Å². The fraction of sp³-hybridized carbons (Fsp3) is 0.167. The first-order chi connectivity index (χ1) is 10.4. The average Bonchev–Trinajstić information content (AvgIpc) is 2.91. The van der Waals surface area contributed by atoms with Gasteiger partial charge >= 0.3 is 13.2 Å². The van der Waals surface area contributed by atoms with Gasteiger partial charge in [0, 0.05) is 11.9 Å². The van der Waals surface area contributed by atoms with Gasteiger partial charge in [-0.05, 0) is 24.3 Å². The maximum atomic E-state index is 12.6. The van der Waals surface area contributed by atoms with Gasteiger partial charge in [-0.2, -0.15) is 27.3 Å². The molecule has 5 nitrogen and oxygen atoms in total. The summed E-state index contributed by atoms with van der Waals surface area (Å²) in [5, 5.41) is 5.45. The fourth-order valence-electron chi connectivity index (χ4n) is 1.61. The van der Waals surface area contributed by atoms with E-state index in [0.29, 0.717) is 0 Å². The molecule has 2 rings (SSSR count). The topological polar surface area (TPSA) is 56.1 Å². The van der Waals surface area contributed by atoms with Crippen LogP contribution >= 0.6 is 11.6 Å². The molecule has 0 radical (unpaired) electrons. The third-order valence-corrected chi connectivity index (χ3v) is 2.79. The van der Waals surface area contributed by atoms with Gasteiger partial charge in [0.25, 0.3) is 5.91 Å². The molecule has 1 aromatic heterocycles. The second kappa shape index (κ2) is 6.65. The number of aromatic nitrogens is 2. The zero-order valence-corrected chi connectivity index (χ0v) is 11.4. The largest absolute Gasteiger partial charge is 0.433 e. The van der Waals surface area contributed by atoms with Crippen molar-refractivity contribution in [3.8, 4) is 5.75 Å². The Kier molecular flexibility index (Phi) is 4.86. The number of carbonyl (C=O) groups excluding carboxylic acids is 1. The van der Waals surface area contributed by atoms with Crippen molar-refractivity contribution in [3.63, 3.8) is 0 Å². The Morgan fingerprint density at radius 2 is 2.00 bits per heavy atom. The summed E-state index contributed by atoms with van der Waals surface area (Å²) < 4.78 is 53.8. The molecule has 0 aliphatic carbocycles. The van der Waals surface area contributed by atoms with Gasteiger partial charge in [-0.3, -0.25) is 4.79 Å². The summed E-state index contributed by atoms with van der Waals surface area (Å²) >= 11 is 5.72. The van der Waals surface area contributed by atoms with Crippen LogP contribution in [0.1, 0.15) is 17.0 Å². The smallest absolute Gasteiger partial charge is 0.387 e. The van der Waals surface area contributed by atoms with Crippen LogP contribution in [0.2, 0.25) is 5.02 Å². The van der Waals surface area contributed by atoms with Crippen LogP contribution < -0.4 is 10.1 Å². The molecular formula is C12H8ClF4N3O2. The number of anilines is 1. The van der Waals surface area contributed by atoms with E-state index in [1.165, 1.54) is 6.07 Å². The maximum absolute atomic E-state index is 12.6. The number of ether oxygens (including phenoxy) is 1. The zero-order chi connectivity index (χ0) is 16.3. The van der Waals surface area contributed by atoms with E-state index in [2.05, 4.69) is 15.2 Å². The molecular weight excluding hydrogens is 330 g/mol. The maximum Gasteiger partial charge on any atom is 0.387 e. The van der Waals surface area contributed by atoms with E-state index in [1.54, 1.807) is 0 Å². The van der Waals surface area contributed by atoms with E-state index in [-0.39, 0.29) is 26.8 Å². The highest BCUT2D eigenvalue weighted by Gasteiger charge is 2.18. The second-order valence-corrected chi connectivity index (χ2v) is 4.32. The number of hydrogen-bond donors (Lipinski definition) is 1. The Morgan fingerprint density at radius 1 is 1.27 bits per heavy atom. The van der Waals surface area contributed by atoms with Crippen molar-refractivity contribution in [3.05, 3.63) is 41.2 Å². The van der Waals surface area contributed by atoms with Gasteiger partial charge in [0.15, 0.2) is 0 Å². The third-order valence-electron chi connectivity index (χ3n) is 2.49. The molecule has 2 aromatic rings. The summed E-state index contributed by atoms with van der Waals surface area (Å²) in [7, 11) is 0. The molecule has 1 heterocycles. The molecule has 0 aliphatic heterocycles. The van der Waals surface area contributed by atoms with Crippen LogP contribution in [-0.4, -0.2) is 22.3 Å². The minimum atomic E-state index is -3.04. The lowest BCUT2D eigenvalue weighted by Gasteiger charge is -2.10. The lowest BCUT2D eigenvalue weighted by Crippen LogP contribution is -2.18. The van der Waals surface area contributed by atoms with Crippen molar-refractivity contribution < 1.29 is 27.1 Å². The predicted octanol–water partition coefficient (Wildman–Crippen LogP) is 3.79. The molecule has 1 amide bonds. The summed E-state index contributed by atoms with van der Waals surface area (Å²) in [4.78, 5) is 11.9. The van der Waals surface area contributed by atoms with Gasteiger partial charge in [-0.15, -0.1) is 0 Å². The predicted molar refractivity (Wildman–Crippen MR) is 69.5 cm³/mol. The highest BCUT2D eigenvalue weighted by molar-refractivity contribution is 6.32. The molecule has 0 spiro atoms. The van der Waals surface area contributed by atoms with E-state index in [0.717, 1.165) is 24.4 Å². The highest BCUT2D eigenvalue weighted by atomic mass is 35.5. The van der Waals surface area contributed by atoms with Crippen molar-refractivity contribution in [2.75, 3.05) is 5.32 Å². The van der Waals surface area contributed by atoms with Crippen molar-refractivity contribution in [1.82, 2.24) is 9.78 Å². The molecule has 0 fully saturated rings. The van der Waals surface area contributed by atoms with Crippen LogP contribution in [0.5, 0.6) is 5.75 Å². The molecule has 10 heteroatoms. The molecule has 22 heavy (non-hydrogen) atoms. The zero-order valence-electron chi connectivity index (χ0n) is 10.6. The normalized spacial score (nSPS) is 11.0. The van der Waals surface area contributed by atoms with E-state index < -0.39 is 19.1 Å². The number of amides is 1. The number of benzene rings is 1. The molecule has 1 aromatic carbocycles. The number of hydrogen-bond acceptors (Lipinski definition) is 3. The molecule has 0 atom stereocenters. The molecule has 0 bridgehead atoms. The average molecular weight is 338 g/mol. The first-order valence-corrected chi connectivity index (χ1v) is 6.13. The van der Waals surface area contributed by atoms with Crippen molar-refractivity contribution in [1.29, 1.82) is 0 Å². The quantitative estimate of drug-likeness (QED) is 0.845. The third kappa shape index (κ3) is 3.67. The Morgan fingerprint density at radius 3 is 2.59 bits per heavy atom. The summed E-state index contributed by atoms with van der Waals surface area (Å²) in [5.74, 6) is -1.12. The molecule has 0 unspecified atom stereocenters. The standard InChI is InChI=1S/C12H8ClF4N3O2/c13-7-5-6(1-2-9(7)22-12(16)17)19-10(21)8-3-4-18-20(8)11(14)15/h1-5,11-12H,(H,19,21). The highest BCUT2D eigenvalue weighted by Crippen LogP contribution is 2.29. The summed E-state index contributed by atoms with van der Waals surface area (Å²) in [5.41, 5.74) is -0.238. The van der Waals surface area contributed by atoms with Crippen molar-refractivity contribution in [2.45, 2.75) is 13.2 Å². The lowest BCUT2D eigenvalue weighted by molar-refractivity contribution is -0.0497. The minimum Gasteiger partial charge on any atom is -0.433 e. The Hall–Kier alpha value is -2.29.